The highest BCUT2D eigenvalue weighted by atomic mass is 32.2. The van der Waals surface area contributed by atoms with Crippen LogP contribution in [0.15, 0.2) is 137 Å². The molecule has 55 heavy (non-hydrogen) atoms. The number of imidazole rings is 1. The molecule has 4 aromatic carbocycles. The number of carbonyl (C=O) groups excluding carboxylic acids is 1. The summed E-state index contributed by atoms with van der Waals surface area (Å²) in [6, 6.07) is 35.3. The second-order valence-corrected chi connectivity index (χ2v) is 15.1. The van der Waals surface area contributed by atoms with E-state index in [0.717, 1.165) is 59.5 Å². The minimum Gasteiger partial charge on any atom is -0.466 e. The van der Waals surface area contributed by atoms with Gasteiger partial charge in [-0.25, -0.2) is 18.0 Å². The van der Waals surface area contributed by atoms with E-state index in [1.54, 1.807) is 36.4 Å². The van der Waals surface area contributed by atoms with Crippen molar-refractivity contribution in [2.24, 2.45) is 10.2 Å². The lowest BCUT2D eigenvalue weighted by atomic mass is 10.1. The molecule has 0 saturated heterocycles. The fourth-order valence-corrected chi connectivity index (χ4v) is 7.12. The Morgan fingerprint density at radius 3 is 2.11 bits per heavy atom. The molecule has 0 atom stereocenters. The van der Waals surface area contributed by atoms with Crippen LogP contribution in [-0.2, 0) is 19.4 Å². The Morgan fingerprint density at radius 2 is 1.45 bits per heavy atom. The van der Waals surface area contributed by atoms with Gasteiger partial charge in [-0.15, -0.1) is 0 Å². The average molecular weight is 753 g/mol. The summed E-state index contributed by atoms with van der Waals surface area (Å²) in [5.74, 6) is 0.408. The predicted octanol–water partition coefficient (Wildman–Crippen LogP) is 8.70. The number of para-hydroxylation sites is 2. The van der Waals surface area contributed by atoms with E-state index in [9.17, 15) is 13.2 Å². The molecule has 0 radical (unpaired) electrons. The maximum Gasteiger partial charge on any atom is 0.401 e. The van der Waals surface area contributed by atoms with E-state index < -0.39 is 9.84 Å². The van der Waals surface area contributed by atoms with E-state index >= 15 is 0 Å². The number of nitrogens with zero attached hydrogens (tertiary/aromatic N) is 6. The van der Waals surface area contributed by atoms with Gasteiger partial charge >= 0.3 is 11.9 Å². The number of fused-ring (bicyclic) bond motifs is 1. The molecule has 6 rings (SSSR count). The molecule has 0 aliphatic carbocycles. The molecule has 278 valence electrons. The van der Waals surface area contributed by atoms with E-state index in [4.69, 9.17) is 10.00 Å². The molecule has 0 unspecified atom stereocenters. The lowest BCUT2D eigenvalue weighted by Gasteiger charge is -2.25. The SMILES string of the molecule is CC(=O)OCCCCCCN(CCS(=O)(=O)c1ccc(/C=C/c2cc[n+](-c3nc4ccccc4[nH]3)cc2)cc1)c1ccc(N=Nc2ccc(C#N)cc2)cc1. The smallest absolute Gasteiger partial charge is 0.401 e. The monoisotopic (exact) mass is 752 g/mol. The maximum atomic E-state index is 13.5. The second-order valence-electron chi connectivity index (χ2n) is 13.0. The molecule has 0 aliphatic rings. The summed E-state index contributed by atoms with van der Waals surface area (Å²) in [6.07, 6.45) is 11.3. The van der Waals surface area contributed by atoms with Gasteiger partial charge in [-0.05, 0) is 115 Å². The van der Waals surface area contributed by atoms with Crippen molar-refractivity contribution >= 4 is 56.1 Å². The Morgan fingerprint density at radius 1 is 0.818 bits per heavy atom. The molecule has 1 N–H and O–H groups in total. The molecular formula is C43H42N7O4S+. The van der Waals surface area contributed by atoms with E-state index in [0.29, 0.717) is 36.6 Å². The molecule has 2 heterocycles. The topological polar surface area (TPSA) is 145 Å². The Kier molecular flexibility index (Phi) is 12.9. The lowest BCUT2D eigenvalue weighted by molar-refractivity contribution is -0.603. The Labute approximate surface area is 321 Å². The van der Waals surface area contributed by atoms with Crippen molar-refractivity contribution < 1.29 is 22.5 Å². The average Bonchev–Trinajstić information content (AvgIpc) is 3.65. The predicted molar refractivity (Wildman–Crippen MR) is 214 cm³/mol. The number of hydrogen-bond donors (Lipinski definition) is 1. The molecule has 0 saturated carbocycles. The highest BCUT2D eigenvalue weighted by molar-refractivity contribution is 7.91. The van der Waals surface area contributed by atoms with Crippen molar-refractivity contribution in [3.05, 3.63) is 138 Å². The first-order valence-corrected chi connectivity index (χ1v) is 19.8. The summed E-state index contributed by atoms with van der Waals surface area (Å²) in [7, 11) is -3.57. The summed E-state index contributed by atoms with van der Waals surface area (Å²) in [6.45, 7) is 2.78. The van der Waals surface area contributed by atoms with Gasteiger partial charge in [-0.1, -0.05) is 47.8 Å². The number of nitrogens with one attached hydrogen (secondary N) is 1. The zero-order valence-electron chi connectivity index (χ0n) is 30.6. The highest BCUT2D eigenvalue weighted by Crippen LogP contribution is 2.24. The first kappa shape index (κ1) is 38.3. The van der Waals surface area contributed by atoms with Crippen molar-refractivity contribution in [3.8, 4) is 12.0 Å². The largest absolute Gasteiger partial charge is 0.466 e. The molecule has 11 nitrogen and oxygen atoms in total. The number of ether oxygens (including phenoxy) is 1. The van der Waals surface area contributed by atoms with Crippen LogP contribution >= 0.6 is 0 Å². The lowest BCUT2D eigenvalue weighted by Crippen LogP contribution is -2.30. The molecule has 0 amide bonds. The van der Waals surface area contributed by atoms with Gasteiger partial charge < -0.3 is 9.64 Å². The summed E-state index contributed by atoms with van der Waals surface area (Å²) in [5, 5.41) is 17.6. The van der Waals surface area contributed by atoms with Gasteiger partial charge in [0, 0.05) is 25.7 Å². The molecule has 6 aromatic rings. The number of esters is 1. The van der Waals surface area contributed by atoms with E-state index in [2.05, 4.69) is 31.2 Å². The van der Waals surface area contributed by atoms with Crippen LogP contribution < -0.4 is 9.47 Å². The first-order chi connectivity index (χ1) is 26.8. The molecular weight excluding hydrogens is 711 g/mol. The normalized spacial score (nSPS) is 11.6. The number of pyridine rings is 1. The second kappa shape index (κ2) is 18.5. The number of rotatable bonds is 17. The van der Waals surface area contributed by atoms with Crippen LogP contribution in [-0.4, -0.2) is 49.8 Å². The van der Waals surface area contributed by atoms with Gasteiger partial charge in [0.25, 0.3) is 0 Å². The molecule has 0 aliphatic heterocycles. The summed E-state index contributed by atoms with van der Waals surface area (Å²) in [4.78, 5) is 21.4. The number of benzene rings is 4. The number of H-pyrrole nitrogens is 1. The summed E-state index contributed by atoms with van der Waals surface area (Å²) >= 11 is 0. The zero-order chi connectivity index (χ0) is 38.5. The molecule has 0 fully saturated rings. The zero-order valence-corrected chi connectivity index (χ0v) is 31.4. The summed E-state index contributed by atoms with van der Waals surface area (Å²) < 4.78 is 34.0. The van der Waals surface area contributed by atoms with Gasteiger partial charge in [0.2, 0.25) is 0 Å². The van der Waals surface area contributed by atoms with E-state index in [1.807, 2.05) is 102 Å². The number of aromatic amines is 1. The van der Waals surface area contributed by atoms with Crippen LogP contribution in [0.1, 0.15) is 49.3 Å². The van der Waals surface area contributed by atoms with Gasteiger partial charge in [-0.3, -0.25) is 4.79 Å². The van der Waals surface area contributed by atoms with Crippen LogP contribution in [0.25, 0.3) is 29.1 Å². The van der Waals surface area contributed by atoms with Crippen molar-refractivity contribution in [2.75, 3.05) is 30.3 Å². The van der Waals surface area contributed by atoms with Gasteiger partial charge in [0.05, 0.1) is 52.7 Å². The van der Waals surface area contributed by atoms with Gasteiger partial charge in [0.1, 0.15) is 5.52 Å². The third kappa shape index (κ3) is 11.0. The highest BCUT2D eigenvalue weighted by Gasteiger charge is 2.18. The maximum absolute atomic E-state index is 13.5. The third-order valence-corrected chi connectivity index (χ3v) is 10.6. The molecule has 2 aromatic heterocycles. The number of sulfone groups is 1. The van der Waals surface area contributed by atoms with Crippen molar-refractivity contribution in [3.63, 3.8) is 0 Å². The van der Waals surface area contributed by atoms with E-state index in [1.165, 1.54) is 6.92 Å². The van der Waals surface area contributed by atoms with Crippen molar-refractivity contribution in [1.29, 1.82) is 5.26 Å². The molecule has 12 heteroatoms. The number of azo groups is 1. The van der Waals surface area contributed by atoms with Gasteiger partial charge in [0.15, 0.2) is 15.4 Å². The van der Waals surface area contributed by atoms with Crippen LogP contribution in [0.3, 0.4) is 0 Å². The van der Waals surface area contributed by atoms with Crippen molar-refractivity contribution in [2.45, 2.75) is 37.5 Å². The fourth-order valence-electron chi connectivity index (χ4n) is 5.87. The summed E-state index contributed by atoms with van der Waals surface area (Å²) in [5.41, 5.74) is 6.50. The standard InChI is InChI=1S/C43H42N7O4S/c1-33(51)54-30-7-3-2-6-26-49(39-20-18-38(19-21-39)48-47-37-16-12-36(32-44)13-17-37)29-31-55(52,53)40-22-14-34(15-23-40)10-11-35-24-27-50(28-25-35)43-45-41-8-4-5-9-42(41)46-43/h4-5,8-25,27-28H,2-3,6-7,26,29-31H2,1H3,(H,45,46)/q+1/b11-10+,48-47?. The third-order valence-electron chi connectivity index (χ3n) is 8.93. The number of nitriles is 1. The van der Waals surface area contributed by atoms with Gasteiger partial charge in [-0.2, -0.15) is 15.5 Å². The van der Waals surface area contributed by atoms with Crippen LogP contribution in [0.4, 0.5) is 17.1 Å². The Bertz CT molecular complexity index is 2370. The molecule has 0 spiro atoms. The minimum absolute atomic E-state index is 0.0516. The van der Waals surface area contributed by atoms with Crippen molar-refractivity contribution in [1.82, 2.24) is 9.97 Å². The van der Waals surface area contributed by atoms with E-state index in [-0.39, 0.29) is 16.6 Å². The quantitative estimate of drug-likeness (QED) is 0.0425. The van der Waals surface area contributed by atoms with Crippen LogP contribution in [0.5, 0.6) is 0 Å². The fraction of sp³-hybridized carbons (Fsp3) is 0.209. The minimum atomic E-state index is -3.57. The Hall–Kier alpha value is -6.45. The number of anilines is 1. The van der Waals surface area contributed by atoms with Crippen LogP contribution in [0.2, 0.25) is 0 Å². The number of unbranched alkanes of at least 4 members (excludes halogenated alkanes) is 3. The molecule has 0 bridgehead atoms. The first-order valence-electron chi connectivity index (χ1n) is 18.1. The van der Waals surface area contributed by atoms with Crippen LogP contribution in [0, 0.1) is 11.3 Å². The number of hydrogen-bond acceptors (Lipinski definition) is 9. The number of aromatic nitrogens is 3. The number of carbonyl (C=O) groups is 1. The Balaban J connectivity index is 1.07.